The number of ether oxygens (including phenoxy) is 2. The van der Waals surface area contributed by atoms with Crippen LogP contribution in [0.2, 0.25) is 10.0 Å². The van der Waals surface area contributed by atoms with E-state index in [1.807, 2.05) is 0 Å². The van der Waals surface area contributed by atoms with Crippen molar-refractivity contribution in [3.63, 3.8) is 0 Å². The Labute approximate surface area is 119 Å². The third-order valence-corrected chi connectivity index (χ3v) is 3.22. The second kappa shape index (κ2) is 5.99. The molecule has 0 aliphatic carbocycles. The molecule has 4 nitrogen and oxygen atoms in total. The van der Waals surface area contributed by atoms with E-state index >= 15 is 0 Å². The van der Waals surface area contributed by atoms with Crippen molar-refractivity contribution >= 4 is 29.2 Å². The number of hydrogen-bond acceptors (Lipinski definition) is 4. The van der Waals surface area contributed by atoms with E-state index in [4.69, 9.17) is 32.4 Å². The molecule has 0 amide bonds. The largest absolute Gasteiger partial charge is 0.487 e. The van der Waals surface area contributed by atoms with Crippen molar-refractivity contribution < 1.29 is 18.7 Å². The van der Waals surface area contributed by atoms with Crippen LogP contribution < -0.4 is 4.74 Å². The summed E-state index contributed by atoms with van der Waals surface area (Å²) in [4.78, 5) is 11.4. The third kappa shape index (κ3) is 3.03. The molecule has 0 saturated carbocycles. The second-order valence-corrected chi connectivity index (χ2v) is 4.39. The van der Waals surface area contributed by atoms with Crippen molar-refractivity contribution in [2.24, 2.45) is 0 Å². The maximum atomic E-state index is 11.4. The zero-order valence-electron chi connectivity index (χ0n) is 9.98. The molecule has 1 aromatic carbocycles. The SMILES string of the molecule is COC(=O)c1occc1COc1cccc(Cl)c1Cl. The quantitative estimate of drug-likeness (QED) is 0.802. The molecular formula is C13H10Cl2O4. The summed E-state index contributed by atoms with van der Waals surface area (Å²) in [6.45, 7) is 0.126. The number of halogens is 2. The van der Waals surface area contributed by atoms with Gasteiger partial charge in [-0.15, -0.1) is 0 Å². The van der Waals surface area contributed by atoms with Crippen LogP contribution in [0.3, 0.4) is 0 Å². The molecule has 0 radical (unpaired) electrons. The highest BCUT2D eigenvalue weighted by molar-refractivity contribution is 6.42. The Morgan fingerprint density at radius 1 is 1.32 bits per heavy atom. The molecular weight excluding hydrogens is 291 g/mol. The fourth-order valence-corrected chi connectivity index (χ4v) is 1.82. The smallest absolute Gasteiger partial charge is 0.374 e. The summed E-state index contributed by atoms with van der Waals surface area (Å²) in [6, 6.07) is 6.70. The molecule has 2 aromatic rings. The molecule has 0 aliphatic rings. The monoisotopic (exact) mass is 300 g/mol. The molecule has 1 heterocycles. The number of furan rings is 1. The lowest BCUT2D eigenvalue weighted by Crippen LogP contribution is -2.05. The molecule has 6 heteroatoms. The van der Waals surface area contributed by atoms with E-state index in [2.05, 4.69) is 4.74 Å². The number of esters is 1. The Balaban J connectivity index is 2.13. The van der Waals surface area contributed by atoms with Crippen molar-refractivity contribution in [2.45, 2.75) is 6.61 Å². The summed E-state index contributed by atoms with van der Waals surface area (Å²) in [5, 5.41) is 0.729. The van der Waals surface area contributed by atoms with Gasteiger partial charge in [-0.2, -0.15) is 0 Å². The third-order valence-electron chi connectivity index (χ3n) is 2.42. The summed E-state index contributed by atoms with van der Waals surface area (Å²) in [5.41, 5.74) is 0.572. The first kappa shape index (κ1) is 13.8. The Morgan fingerprint density at radius 3 is 2.84 bits per heavy atom. The lowest BCUT2D eigenvalue weighted by Gasteiger charge is -2.08. The Morgan fingerprint density at radius 2 is 2.11 bits per heavy atom. The average molecular weight is 301 g/mol. The Hall–Kier alpha value is -1.65. The number of carbonyl (C=O) groups excluding carboxylic acids is 1. The molecule has 19 heavy (non-hydrogen) atoms. The number of hydrogen-bond donors (Lipinski definition) is 0. The first-order valence-electron chi connectivity index (χ1n) is 5.35. The lowest BCUT2D eigenvalue weighted by atomic mass is 10.2. The number of rotatable bonds is 4. The van der Waals surface area contributed by atoms with Gasteiger partial charge in [0.15, 0.2) is 0 Å². The van der Waals surface area contributed by atoms with Crippen molar-refractivity contribution in [1.29, 1.82) is 0 Å². The Bertz CT molecular complexity index is 592. The van der Waals surface area contributed by atoms with Crippen molar-refractivity contribution in [3.8, 4) is 5.75 Å². The van der Waals surface area contributed by atoms with Gasteiger partial charge in [0.1, 0.15) is 17.4 Å². The molecule has 0 N–H and O–H groups in total. The molecule has 0 unspecified atom stereocenters. The zero-order chi connectivity index (χ0) is 13.8. The minimum atomic E-state index is -0.555. The van der Waals surface area contributed by atoms with E-state index in [0.29, 0.717) is 21.4 Å². The molecule has 0 saturated heterocycles. The minimum Gasteiger partial charge on any atom is -0.487 e. The summed E-state index contributed by atoms with van der Waals surface area (Å²) in [7, 11) is 1.28. The van der Waals surface area contributed by atoms with Crippen molar-refractivity contribution in [1.82, 2.24) is 0 Å². The van der Waals surface area contributed by atoms with Crippen LogP contribution >= 0.6 is 23.2 Å². The maximum Gasteiger partial charge on any atom is 0.374 e. The van der Waals surface area contributed by atoms with E-state index in [9.17, 15) is 4.79 Å². The molecule has 0 aliphatic heterocycles. The summed E-state index contributed by atoms with van der Waals surface area (Å²) in [5.74, 6) is -0.00683. The van der Waals surface area contributed by atoms with E-state index in [1.54, 1.807) is 24.3 Å². The van der Waals surface area contributed by atoms with Gasteiger partial charge in [0.2, 0.25) is 5.76 Å². The van der Waals surface area contributed by atoms with Crippen LogP contribution in [0, 0.1) is 0 Å². The Kier molecular flexibility index (Phi) is 4.35. The van der Waals surface area contributed by atoms with Crippen LogP contribution in [-0.4, -0.2) is 13.1 Å². The fraction of sp³-hybridized carbons (Fsp3) is 0.154. The van der Waals surface area contributed by atoms with Crippen molar-refractivity contribution in [2.75, 3.05) is 7.11 Å². The van der Waals surface area contributed by atoms with Gasteiger partial charge < -0.3 is 13.9 Å². The fourth-order valence-electron chi connectivity index (χ4n) is 1.47. The van der Waals surface area contributed by atoms with Crippen molar-refractivity contribution in [3.05, 3.63) is 51.9 Å². The summed E-state index contributed by atoms with van der Waals surface area (Å²) in [6.07, 6.45) is 1.39. The molecule has 0 spiro atoms. The zero-order valence-corrected chi connectivity index (χ0v) is 11.5. The number of methoxy groups -OCH3 is 1. The van der Waals surface area contributed by atoms with E-state index in [0.717, 1.165) is 0 Å². The van der Waals surface area contributed by atoms with Gasteiger partial charge in [0.05, 0.1) is 18.4 Å². The van der Waals surface area contributed by atoms with E-state index in [-0.39, 0.29) is 12.4 Å². The highest BCUT2D eigenvalue weighted by atomic mass is 35.5. The predicted octanol–water partition coefficient (Wildman–Crippen LogP) is 3.95. The highest BCUT2D eigenvalue weighted by Gasteiger charge is 2.16. The van der Waals surface area contributed by atoms with Crippen LogP contribution in [0.15, 0.2) is 34.9 Å². The van der Waals surface area contributed by atoms with E-state index < -0.39 is 5.97 Å². The van der Waals surface area contributed by atoms with Gasteiger partial charge in [-0.1, -0.05) is 29.3 Å². The van der Waals surface area contributed by atoms with Gasteiger partial charge >= 0.3 is 5.97 Å². The standard InChI is InChI=1S/C13H10Cl2O4/c1-17-13(16)12-8(5-6-18-12)7-19-10-4-2-3-9(14)11(10)15/h2-6H,7H2,1H3. The topological polar surface area (TPSA) is 48.7 Å². The van der Waals surface area contributed by atoms with E-state index in [1.165, 1.54) is 13.4 Å². The van der Waals surface area contributed by atoms with Gasteiger partial charge in [-0.05, 0) is 18.2 Å². The number of benzene rings is 1. The second-order valence-electron chi connectivity index (χ2n) is 3.61. The highest BCUT2D eigenvalue weighted by Crippen LogP contribution is 2.32. The van der Waals surface area contributed by atoms with Gasteiger partial charge in [-0.3, -0.25) is 0 Å². The van der Waals surface area contributed by atoms with Crippen LogP contribution in [0.4, 0.5) is 0 Å². The molecule has 1 aromatic heterocycles. The molecule has 0 fully saturated rings. The number of carbonyl (C=O) groups is 1. The van der Waals surface area contributed by atoms with Gasteiger partial charge in [0.25, 0.3) is 0 Å². The maximum absolute atomic E-state index is 11.4. The molecule has 0 atom stereocenters. The average Bonchev–Trinajstić information content (AvgIpc) is 2.88. The summed E-state index contributed by atoms with van der Waals surface area (Å²) >= 11 is 11.9. The molecule has 0 bridgehead atoms. The predicted molar refractivity (Wildman–Crippen MR) is 70.8 cm³/mol. The van der Waals surface area contributed by atoms with Crippen LogP contribution in [0.1, 0.15) is 16.1 Å². The van der Waals surface area contributed by atoms with Crippen LogP contribution in [0.5, 0.6) is 5.75 Å². The first-order valence-corrected chi connectivity index (χ1v) is 6.10. The first-order chi connectivity index (χ1) is 9.13. The minimum absolute atomic E-state index is 0.112. The van der Waals surface area contributed by atoms with Crippen LogP contribution in [0.25, 0.3) is 0 Å². The molecule has 2 rings (SSSR count). The summed E-state index contributed by atoms with van der Waals surface area (Å²) < 4.78 is 15.2. The van der Waals surface area contributed by atoms with Crippen LogP contribution in [-0.2, 0) is 11.3 Å². The molecule has 100 valence electrons. The lowest BCUT2D eigenvalue weighted by molar-refractivity contribution is 0.0561. The normalized spacial score (nSPS) is 10.3. The van der Waals surface area contributed by atoms with Gasteiger partial charge in [0, 0.05) is 5.56 Å². The van der Waals surface area contributed by atoms with Gasteiger partial charge in [-0.25, -0.2) is 4.79 Å².